The van der Waals surface area contributed by atoms with E-state index in [9.17, 15) is 0 Å². The van der Waals surface area contributed by atoms with Gasteiger partial charge in [0, 0.05) is 11.9 Å². The van der Waals surface area contributed by atoms with E-state index in [1.165, 1.54) is 42.3 Å². The zero-order valence-electron chi connectivity index (χ0n) is 15.0. The maximum absolute atomic E-state index is 4.44. The second-order valence-electron chi connectivity index (χ2n) is 7.29. The molecule has 3 heterocycles. The minimum Gasteiger partial charge on any atom is -0.306 e. The van der Waals surface area contributed by atoms with Gasteiger partial charge in [-0.15, -0.1) is 0 Å². The van der Waals surface area contributed by atoms with E-state index in [0.29, 0.717) is 5.92 Å². The summed E-state index contributed by atoms with van der Waals surface area (Å²) in [4.78, 5) is 11.2. The molecule has 1 aliphatic rings. The molecule has 0 spiro atoms. The van der Waals surface area contributed by atoms with Crippen LogP contribution in [0.3, 0.4) is 0 Å². The monoisotopic (exact) mass is 342 g/mol. The molecule has 0 amide bonds. The summed E-state index contributed by atoms with van der Waals surface area (Å²) < 4.78 is 2.13. The molecular formula is C22H22N4. The van der Waals surface area contributed by atoms with Crippen LogP contribution >= 0.6 is 0 Å². The summed E-state index contributed by atoms with van der Waals surface area (Å²) >= 11 is 0. The molecule has 0 aliphatic carbocycles. The van der Waals surface area contributed by atoms with Gasteiger partial charge in [-0.25, -0.2) is 9.97 Å². The lowest BCUT2D eigenvalue weighted by Crippen LogP contribution is -2.29. The fourth-order valence-corrected chi connectivity index (χ4v) is 4.17. The Morgan fingerprint density at radius 3 is 2.73 bits per heavy atom. The molecule has 0 bridgehead atoms. The topological polar surface area (TPSA) is 34.0 Å². The number of aromatic nitrogens is 3. The van der Waals surface area contributed by atoms with Crippen LogP contribution in [0.2, 0.25) is 0 Å². The number of hydrogen-bond acceptors (Lipinski definition) is 3. The number of piperidine rings is 1. The van der Waals surface area contributed by atoms with E-state index in [1.54, 1.807) is 6.20 Å². The fraction of sp³-hybridized carbons (Fsp3) is 0.273. The molecule has 4 nitrogen and oxygen atoms in total. The third-order valence-corrected chi connectivity index (χ3v) is 5.66. The van der Waals surface area contributed by atoms with Crippen LogP contribution in [-0.2, 0) is 0 Å². The van der Waals surface area contributed by atoms with E-state index in [1.807, 2.05) is 12.4 Å². The van der Waals surface area contributed by atoms with Crippen molar-refractivity contribution in [3.05, 3.63) is 66.6 Å². The van der Waals surface area contributed by atoms with Gasteiger partial charge in [-0.05, 0) is 79.5 Å². The molecule has 0 saturated carbocycles. The molecular weight excluding hydrogens is 320 g/mol. The van der Waals surface area contributed by atoms with E-state index in [2.05, 4.69) is 68.9 Å². The highest BCUT2D eigenvalue weighted by atomic mass is 15.1. The summed E-state index contributed by atoms with van der Waals surface area (Å²) in [6, 6.07) is 17.5. The summed E-state index contributed by atoms with van der Waals surface area (Å²) in [6.07, 6.45) is 6.13. The number of fused-ring (bicyclic) bond motifs is 2. The van der Waals surface area contributed by atoms with Gasteiger partial charge in [0.25, 0.3) is 0 Å². The van der Waals surface area contributed by atoms with Crippen LogP contribution in [0, 0.1) is 0 Å². The third-order valence-electron chi connectivity index (χ3n) is 5.66. The van der Waals surface area contributed by atoms with Crippen LogP contribution in [0.1, 0.15) is 24.3 Å². The molecule has 0 unspecified atom stereocenters. The normalized spacial score (nSPS) is 16.5. The summed E-state index contributed by atoms with van der Waals surface area (Å²) in [5, 5.41) is 2.68. The first-order valence-corrected chi connectivity index (χ1v) is 9.29. The maximum atomic E-state index is 4.44. The highest BCUT2D eigenvalue weighted by molar-refractivity contribution is 5.88. The van der Waals surface area contributed by atoms with Crippen LogP contribution < -0.4 is 0 Å². The number of rotatable bonds is 2. The summed E-state index contributed by atoms with van der Waals surface area (Å²) in [6.45, 7) is 2.36. The SMILES string of the molecule is CN1CCC(c2cccc3ccc(-n4cnc5ncccc54)cc23)CC1. The lowest BCUT2D eigenvalue weighted by atomic mass is 9.86. The third kappa shape index (κ3) is 2.58. The molecule has 1 aliphatic heterocycles. The summed E-state index contributed by atoms with van der Waals surface area (Å²) in [7, 11) is 2.22. The van der Waals surface area contributed by atoms with Gasteiger partial charge in [-0.2, -0.15) is 0 Å². The van der Waals surface area contributed by atoms with Crippen molar-refractivity contribution < 1.29 is 0 Å². The Morgan fingerprint density at radius 2 is 1.85 bits per heavy atom. The maximum Gasteiger partial charge on any atom is 0.177 e. The Bertz CT molecular complexity index is 1070. The minimum atomic E-state index is 0.645. The second kappa shape index (κ2) is 6.22. The van der Waals surface area contributed by atoms with Crippen molar-refractivity contribution in [1.82, 2.24) is 19.4 Å². The van der Waals surface area contributed by atoms with Crippen LogP contribution in [0.25, 0.3) is 27.6 Å². The van der Waals surface area contributed by atoms with E-state index in [-0.39, 0.29) is 0 Å². The average Bonchev–Trinajstić information content (AvgIpc) is 3.12. The molecule has 0 radical (unpaired) electrons. The Morgan fingerprint density at radius 1 is 0.962 bits per heavy atom. The first kappa shape index (κ1) is 15.5. The van der Waals surface area contributed by atoms with Gasteiger partial charge in [0.2, 0.25) is 0 Å². The molecule has 4 heteroatoms. The summed E-state index contributed by atoms with van der Waals surface area (Å²) in [5.41, 5.74) is 4.47. The fourth-order valence-electron chi connectivity index (χ4n) is 4.17. The van der Waals surface area contributed by atoms with Crippen LogP contribution in [0.15, 0.2) is 61.1 Å². The molecule has 4 aromatic rings. The highest BCUT2D eigenvalue weighted by Gasteiger charge is 2.20. The summed E-state index contributed by atoms with van der Waals surface area (Å²) in [5.74, 6) is 0.645. The van der Waals surface area contributed by atoms with E-state index in [4.69, 9.17) is 0 Å². The molecule has 5 rings (SSSR count). The van der Waals surface area contributed by atoms with Gasteiger partial charge in [0.05, 0.1) is 5.52 Å². The quantitative estimate of drug-likeness (QED) is 0.542. The minimum absolute atomic E-state index is 0.645. The molecule has 0 N–H and O–H groups in total. The second-order valence-corrected chi connectivity index (χ2v) is 7.29. The van der Waals surface area contributed by atoms with Crippen LogP contribution in [-0.4, -0.2) is 39.6 Å². The molecule has 0 atom stereocenters. The van der Waals surface area contributed by atoms with E-state index in [0.717, 1.165) is 16.9 Å². The van der Waals surface area contributed by atoms with Gasteiger partial charge < -0.3 is 4.90 Å². The Labute approximate surface area is 153 Å². The smallest absolute Gasteiger partial charge is 0.177 e. The zero-order valence-corrected chi connectivity index (χ0v) is 15.0. The number of pyridine rings is 1. The number of nitrogens with zero attached hydrogens (tertiary/aromatic N) is 4. The Hall–Kier alpha value is -2.72. The van der Waals surface area contributed by atoms with Crippen molar-refractivity contribution >= 4 is 21.9 Å². The standard InChI is InChI=1S/C22H22N4/c1-25-12-9-17(10-13-25)19-5-2-4-16-7-8-18(14-20(16)19)26-15-24-22-21(26)6-3-11-23-22/h2-8,11,14-15,17H,9-10,12-13H2,1H3. The predicted octanol–water partition coefficient (Wildman–Crippen LogP) is 4.38. The van der Waals surface area contributed by atoms with Crippen LogP contribution in [0.5, 0.6) is 0 Å². The van der Waals surface area contributed by atoms with Crippen molar-refractivity contribution in [3.63, 3.8) is 0 Å². The predicted molar refractivity (Wildman–Crippen MR) is 106 cm³/mol. The van der Waals surface area contributed by atoms with E-state index < -0.39 is 0 Å². The van der Waals surface area contributed by atoms with Crippen molar-refractivity contribution in [2.75, 3.05) is 20.1 Å². The van der Waals surface area contributed by atoms with Gasteiger partial charge in [-0.3, -0.25) is 4.57 Å². The van der Waals surface area contributed by atoms with Gasteiger partial charge in [0.1, 0.15) is 6.33 Å². The zero-order chi connectivity index (χ0) is 17.5. The van der Waals surface area contributed by atoms with E-state index >= 15 is 0 Å². The lowest BCUT2D eigenvalue weighted by Gasteiger charge is -2.30. The number of hydrogen-bond donors (Lipinski definition) is 0. The van der Waals surface area contributed by atoms with Crippen LogP contribution in [0.4, 0.5) is 0 Å². The van der Waals surface area contributed by atoms with Crippen molar-refractivity contribution in [2.24, 2.45) is 0 Å². The van der Waals surface area contributed by atoms with Crippen molar-refractivity contribution in [2.45, 2.75) is 18.8 Å². The van der Waals surface area contributed by atoms with Gasteiger partial charge in [-0.1, -0.05) is 24.3 Å². The number of likely N-dealkylation sites (tertiary alicyclic amines) is 1. The molecule has 1 fully saturated rings. The molecule has 1 saturated heterocycles. The Balaban J connectivity index is 1.64. The lowest BCUT2D eigenvalue weighted by molar-refractivity contribution is 0.256. The van der Waals surface area contributed by atoms with Gasteiger partial charge in [0.15, 0.2) is 5.65 Å². The molecule has 130 valence electrons. The average molecular weight is 342 g/mol. The number of imidazole rings is 1. The highest BCUT2D eigenvalue weighted by Crippen LogP contribution is 2.34. The molecule has 2 aromatic carbocycles. The first-order valence-electron chi connectivity index (χ1n) is 9.29. The molecule has 2 aromatic heterocycles. The van der Waals surface area contributed by atoms with Gasteiger partial charge >= 0.3 is 0 Å². The van der Waals surface area contributed by atoms with Crippen molar-refractivity contribution in [3.8, 4) is 5.69 Å². The largest absolute Gasteiger partial charge is 0.306 e. The Kier molecular flexibility index (Phi) is 3.71. The van der Waals surface area contributed by atoms with Crippen molar-refractivity contribution in [1.29, 1.82) is 0 Å². The number of benzene rings is 2. The first-order chi connectivity index (χ1) is 12.8. The molecule has 26 heavy (non-hydrogen) atoms.